The van der Waals surface area contributed by atoms with Crippen LogP contribution in [0, 0.1) is 23.5 Å². The Labute approximate surface area is 153 Å². The Morgan fingerprint density at radius 2 is 1.70 bits per heavy atom. The van der Waals surface area contributed by atoms with Crippen molar-refractivity contribution in [3.05, 3.63) is 29.8 Å². The van der Waals surface area contributed by atoms with E-state index in [4.69, 9.17) is 4.74 Å². The average Bonchev–Trinajstić information content (AvgIpc) is 2.88. The maximum absolute atomic E-state index is 13.1. The minimum Gasteiger partial charge on any atom is -0.454 e. The van der Waals surface area contributed by atoms with Gasteiger partial charge in [-0.2, -0.15) is 0 Å². The molecule has 27 heavy (non-hydrogen) atoms. The molecule has 7 nitrogen and oxygen atoms in total. The molecular weight excluding hydrogens is 362 g/mol. The number of nitrogens with one attached hydrogen (secondary N) is 1. The number of imide groups is 1. The van der Waals surface area contributed by atoms with Crippen LogP contribution in [0.4, 0.5) is 14.5 Å². The molecule has 1 saturated heterocycles. The van der Waals surface area contributed by atoms with E-state index >= 15 is 0 Å². The normalized spacial score (nSPS) is 21.8. The van der Waals surface area contributed by atoms with E-state index in [0.717, 1.165) is 35.9 Å². The number of amides is 3. The number of fused-ring (bicyclic) bond motifs is 1. The second-order valence-corrected chi connectivity index (χ2v) is 6.60. The van der Waals surface area contributed by atoms with Gasteiger partial charge in [-0.05, 0) is 25.0 Å². The van der Waals surface area contributed by atoms with Gasteiger partial charge in [-0.3, -0.25) is 24.1 Å². The lowest BCUT2D eigenvalue weighted by Gasteiger charge is -2.19. The second-order valence-electron chi connectivity index (χ2n) is 6.60. The van der Waals surface area contributed by atoms with Gasteiger partial charge in [0.15, 0.2) is 18.2 Å². The number of carbonyl (C=O) groups is 4. The average molecular weight is 380 g/mol. The molecule has 3 rings (SSSR count). The maximum atomic E-state index is 13.1. The molecule has 1 heterocycles. The number of anilines is 1. The lowest BCUT2D eigenvalue weighted by Crippen LogP contribution is -2.37. The number of nitrogens with zero attached hydrogens (tertiary/aromatic N) is 1. The molecule has 1 aliphatic heterocycles. The van der Waals surface area contributed by atoms with E-state index in [1.54, 1.807) is 0 Å². The SMILES string of the molecule is O=C(COC(=O)CN1C(=O)[C@@H]2CCCC[C@H]2C1=O)Nc1ccc(F)c(F)c1. The third-order valence-corrected chi connectivity index (χ3v) is 4.79. The monoisotopic (exact) mass is 380 g/mol. The molecule has 0 aromatic heterocycles. The van der Waals surface area contributed by atoms with Crippen molar-refractivity contribution < 1.29 is 32.7 Å². The molecule has 3 amide bonds. The molecule has 144 valence electrons. The zero-order valence-electron chi connectivity index (χ0n) is 14.4. The summed E-state index contributed by atoms with van der Waals surface area (Å²) in [5.41, 5.74) is 0.00363. The highest BCUT2D eigenvalue weighted by atomic mass is 19.2. The van der Waals surface area contributed by atoms with Gasteiger partial charge in [0.2, 0.25) is 11.8 Å². The number of carbonyl (C=O) groups excluding carboxylic acids is 4. The van der Waals surface area contributed by atoms with Gasteiger partial charge in [0.05, 0.1) is 11.8 Å². The molecule has 1 aromatic rings. The standard InChI is InChI=1S/C18H18F2N2O5/c19-13-6-5-10(7-14(13)20)21-15(23)9-27-16(24)8-22-17(25)11-3-1-2-4-12(11)18(22)26/h5-7,11-12H,1-4,8-9H2,(H,21,23)/t11-,12-/m1/s1. The molecule has 9 heteroatoms. The van der Waals surface area contributed by atoms with E-state index in [1.165, 1.54) is 0 Å². The second kappa shape index (κ2) is 7.81. The number of esters is 1. The number of hydrogen-bond acceptors (Lipinski definition) is 5. The van der Waals surface area contributed by atoms with Crippen molar-refractivity contribution in [2.75, 3.05) is 18.5 Å². The van der Waals surface area contributed by atoms with Crippen LogP contribution in [0.25, 0.3) is 0 Å². The summed E-state index contributed by atoms with van der Waals surface area (Å²) in [5.74, 6) is -5.30. The van der Waals surface area contributed by atoms with Crippen LogP contribution in [-0.2, 0) is 23.9 Å². The Hall–Kier alpha value is -2.84. The Morgan fingerprint density at radius 3 is 2.30 bits per heavy atom. The molecule has 1 aromatic carbocycles. The molecule has 1 N–H and O–H groups in total. The number of hydrogen-bond donors (Lipinski definition) is 1. The van der Waals surface area contributed by atoms with E-state index in [-0.39, 0.29) is 29.3 Å². The fourth-order valence-corrected chi connectivity index (χ4v) is 3.48. The van der Waals surface area contributed by atoms with Crippen molar-refractivity contribution in [2.45, 2.75) is 25.7 Å². The molecule has 2 atom stereocenters. The summed E-state index contributed by atoms with van der Waals surface area (Å²) in [4.78, 5) is 49.1. The van der Waals surface area contributed by atoms with Gasteiger partial charge in [0, 0.05) is 11.8 Å². The smallest absolute Gasteiger partial charge is 0.326 e. The van der Waals surface area contributed by atoms with Gasteiger partial charge in [0.25, 0.3) is 5.91 Å². The number of ether oxygens (including phenoxy) is 1. The third kappa shape index (κ3) is 4.12. The van der Waals surface area contributed by atoms with Crippen molar-refractivity contribution in [3.8, 4) is 0 Å². The van der Waals surface area contributed by atoms with Crippen LogP contribution in [0.15, 0.2) is 18.2 Å². The molecule has 2 fully saturated rings. The molecule has 1 aliphatic carbocycles. The van der Waals surface area contributed by atoms with E-state index < -0.39 is 36.7 Å². The molecule has 0 bridgehead atoms. The Balaban J connectivity index is 1.49. The van der Waals surface area contributed by atoms with Crippen LogP contribution < -0.4 is 5.32 Å². The largest absolute Gasteiger partial charge is 0.454 e. The summed E-state index contributed by atoms with van der Waals surface area (Å²) >= 11 is 0. The van der Waals surface area contributed by atoms with Gasteiger partial charge in [-0.25, -0.2) is 8.78 Å². The molecule has 0 radical (unpaired) electrons. The van der Waals surface area contributed by atoms with E-state index in [1.807, 2.05) is 0 Å². The van der Waals surface area contributed by atoms with Crippen molar-refractivity contribution in [1.82, 2.24) is 4.90 Å². The molecule has 0 unspecified atom stereocenters. The summed E-state index contributed by atoms with van der Waals surface area (Å²) in [6.07, 6.45) is 3.03. The summed E-state index contributed by atoms with van der Waals surface area (Å²) in [5, 5.41) is 2.25. The zero-order chi connectivity index (χ0) is 19.6. The van der Waals surface area contributed by atoms with Crippen molar-refractivity contribution >= 4 is 29.4 Å². The first-order chi connectivity index (χ1) is 12.9. The fraction of sp³-hybridized carbons (Fsp3) is 0.444. The van der Waals surface area contributed by atoms with Crippen LogP contribution in [-0.4, -0.2) is 41.7 Å². The van der Waals surface area contributed by atoms with Crippen LogP contribution in [0.1, 0.15) is 25.7 Å². The van der Waals surface area contributed by atoms with Crippen molar-refractivity contribution in [3.63, 3.8) is 0 Å². The predicted molar refractivity (Wildman–Crippen MR) is 88.1 cm³/mol. The summed E-state index contributed by atoms with van der Waals surface area (Å²) < 4.78 is 30.7. The maximum Gasteiger partial charge on any atom is 0.326 e. The van der Waals surface area contributed by atoms with E-state index in [9.17, 15) is 28.0 Å². The highest BCUT2D eigenvalue weighted by molar-refractivity contribution is 6.07. The van der Waals surface area contributed by atoms with Crippen LogP contribution in [0.5, 0.6) is 0 Å². The van der Waals surface area contributed by atoms with Crippen LogP contribution >= 0.6 is 0 Å². The van der Waals surface area contributed by atoms with Gasteiger partial charge < -0.3 is 10.1 Å². The number of likely N-dealkylation sites (tertiary alicyclic amines) is 1. The van der Waals surface area contributed by atoms with Crippen molar-refractivity contribution in [1.29, 1.82) is 0 Å². The van der Waals surface area contributed by atoms with E-state index in [0.29, 0.717) is 12.8 Å². The number of benzene rings is 1. The Morgan fingerprint density at radius 1 is 1.07 bits per heavy atom. The first kappa shape index (κ1) is 18.9. The van der Waals surface area contributed by atoms with Crippen molar-refractivity contribution in [2.24, 2.45) is 11.8 Å². The lowest BCUT2D eigenvalue weighted by atomic mass is 9.81. The zero-order valence-corrected chi connectivity index (χ0v) is 14.4. The fourth-order valence-electron chi connectivity index (χ4n) is 3.48. The highest BCUT2D eigenvalue weighted by Gasteiger charge is 2.48. The molecular formula is C18H18F2N2O5. The summed E-state index contributed by atoms with van der Waals surface area (Å²) in [6.45, 7) is -1.22. The highest BCUT2D eigenvalue weighted by Crippen LogP contribution is 2.37. The van der Waals surface area contributed by atoms with Gasteiger partial charge in [0.1, 0.15) is 6.54 Å². The van der Waals surface area contributed by atoms with Gasteiger partial charge >= 0.3 is 5.97 Å². The minimum atomic E-state index is -1.13. The van der Waals surface area contributed by atoms with E-state index in [2.05, 4.69) is 5.32 Å². The van der Waals surface area contributed by atoms with Gasteiger partial charge in [-0.15, -0.1) is 0 Å². The summed E-state index contributed by atoms with van der Waals surface area (Å²) in [7, 11) is 0. The number of rotatable bonds is 5. The quantitative estimate of drug-likeness (QED) is 0.619. The predicted octanol–water partition coefficient (Wildman–Crippen LogP) is 1.62. The topological polar surface area (TPSA) is 92.8 Å². The Bertz CT molecular complexity index is 774. The third-order valence-electron chi connectivity index (χ3n) is 4.79. The first-order valence-corrected chi connectivity index (χ1v) is 8.62. The molecule has 0 spiro atoms. The van der Waals surface area contributed by atoms with Gasteiger partial charge in [-0.1, -0.05) is 12.8 Å². The Kier molecular flexibility index (Phi) is 5.48. The lowest BCUT2D eigenvalue weighted by molar-refractivity contribution is -0.154. The van der Waals surface area contributed by atoms with Crippen LogP contribution in [0.3, 0.4) is 0 Å². The van der Waals surface area contributed by atoms with Crippen LogP contribution in [0.2, 0.25) is 0 Å². The molecule has 2 aliphatic rings. The molecule has 1 saturated carbocycles. The first-order valence-electron chi connectivity index (χ1n) is 8.62. The summed E-state index contributed by atoms with van der Waals surface area (Å²) in [6, 6.07) is 2.79. The number of halogens is 2. The minimum absolute atomic E-state index is 0.00363.